The van der Waals surface area contributed by atoms with Crippen molar-refractivity contribution in [3.05, 3.63) is 42.0 Å². The van der Waals surface area contributed by atoms with E-state index < -0.39 is 13.9 Å². The van der Waals surface area contributed by atoms with Crippen LogP contribution in [0.3, 0.4) is 0 Å². The highest BCUT2D eigenvalue weighted by Crippen LogP contribution is 2.40. The molecule has 0 bridgehead atoms. The maximum atomic E-state index is 12.1. The molecule has 1 heterocycles. The Morgan fingerprint density at radius 3 is 2.29 bits per heavy atom. The lowest BCUT2D eigenvalue weighted by Gasteiger charge is -2.43. The molecular formula is C31H52O6Si. The Kier molecular flexibility index (Phi) is 12.1. The molecule has 6 nitrogen and oxygen atoms in total. The molecule has 0 spiro atoms. The van der Waals surface area contributed by atoms with Crippen molar-refractivity contribution in [3.8, 4) is 5.75 Å². The average molecular weight is 549 g/mol. The molecule has 216 valence electrons. The SMILES string of the molecule is COc1ccc(COC[C@H](C)C[C@@H]2C[C@H](O[Si](C)(C)C(C)(C)C)C[C@H](C/C=C/C(=O)OC(C)(C)C)O2)cc1. The normalized spacial score (nSPS) is 21.9. The average Bonchev–Trinajstić information content (AvgIpc) is 2.77. The first kappa shape index (κ1) is 32.5. The van der Waals surface area contributed by atoms with Gasteiger partial charge in [0, 0.05) is 18.8 Å². The van der Waals surface area contributed by atoms with Gasteiger partial charge < -0.3 is 23.4 Å². The summed E-state index contributed by atoms with van der Waals surface area (Å²) in [5.74, 6) is 0.880. The standard InChI is InChI=1S/C31H52O6Si/c1-23(21-34-22-24-14-16-25(33-8)17-15-24)18-27-20-28(37-38(9,10)31(5,6)7)19-26(35-27)12-11-13-29(32)36-30(2,3)4/h11,13-17,23,26-28H,12,18-22H2,1-10H3/b13-11+/t23-,26+,27-,28-/m1/s1. The van der Waals surface area contributed by atoms with Crippen LogP contribution in [-0.4, -0.2) is 51.9 Å². The Bertz CT molecular complexity index is 881. The second kappa shape index (κ2) is 14.1. The lowest BCUT2D eigenvalue weighted by atomic mass is 9.93. The Hall–Kier alpha value is -1.67. The fourth-order valence-corrected chi connectivity index (χ4v) is 5.71. The fraction of sp³-hybridized carbons (Fsp3) is 0.710. The Morgan fingerprint density at radius 2 is 1.71 bits per heavy atom. The van der Waals surface area contributed by atoms with E-state index in [2.05, 4.69) is 40.8 Å². The predicted octanol–water partition coefficient (Wildman–Crippen LogP) is 7.46. The van der Waals surface area contributed by atoms with Gasteiger partial charge in [0.2, 0.25) is 0 Å². The van der Waals surface area contributed by atoms with Gasteiger partial charge in [0.15, 0.2) is 8.32 Å². The van der Waals surface area contributed by atoms with Crippen LogP contribution in [0.25, 0.3) is 0 Å². The quantitative estimate of drug-likeness (QED) is 0.153. The van der Waals surface area contributed by atoms with Gasteiger partial charge in [-0.3, -0.25) is 0 Å². The molecule has 1 aliphatic rings. The van der Waals surface area contributed by atoms with Gasteiger partial charge >= 0.3 is 5.97 Å². The summed E-state index contributed by atoms with van der Waals surface area (Å²) in [6, 6.07) is 7.98. The van der Waals surface area contributed by atoms with Crippen molar-refractivity contribution in [1.29, 1.82) is 0 Å². The van der Waals surface area contributed by atoms with Crippen LogP contribution < -0.4 is 4.74 Å². The van der Waals surface area contributed by atoms with Crippen LogP contribution in [0.4, 0.5) is 0 Å². The van der Waals surface area contributed by atoms with Gasteiger partial charge in [-0.1, -0.05) is 45.9 Å². The van der Waals surface area contributed by atoms with Gasteiger partial charge in [-0.15, -0.1) is 0 Å². The van der Waals surface area contributed by atoms with Crippen molar-refractivity contribution in [2.75, 3.05) is 13.7 Å². The van der Waals surface area contributed by atoms with Gasteiger partial charge in [0.1, 0.15) is 11.4 Å². The van der Waals surface area contributed by atoms with Gasteiger partial charge in [-0.25, -0.2) is 4.79 Å². The third-order valence-electron chi connectivity index (χ3n) is 7.26. The van der Waals surface area contributed by atoms with Gasteiger partial charge in [0.25, 0.3) is 0 Å². The van der Waals surface area contributed by atoms with Crippen LogP contribution in [0.1, 0.15) is 79.7 Å². The Balaban J connectivity index is 1.96. The van der Waals surface area contributed by atoms with E-state index in [1.165, 1.54) is 6.08 Å². The lowest BCUT2D eigenvalue weighted by Crippen LogP contribution is -2.48. The van der Waals surface area contributed by atoms with Gasteiger partial charge in [-0.2, -0.15) is 0 Å². The molecule has 0 N–H and O–H groups in total. The topological polar surface area (TPSA) is 63.2 Å². The van der Waals surface area contributed by atoms with E-state index in [-0.39, 0.29) is 29.3 Å². The third-order valence-corrected chi connectivity index (χ3v) is 11.8. The minimum atomic E-state index is -1.91. The minimum absolute atomic E-state index is 0.00891. The largest absolute Gasteiger partial charge is 0.497 e. The summed E-state index contributed by atoms with van der Waals surface area (Å²) >= 11 is 0. The summed E-state index contributed by atoms with van der Waals surface area (Å²) in [6.07, 6.45) is 6.96. The van der Waals surface area contributed by atoms with Gasteiger partial charge in [0.05, 0.1) is 25.9 Å². The number of ether oxygens (including phenoxy) is 4. The van der Waals surface area contributed by atoms with E-state index in [4.69, 9.17) is 23.4 Å². The molecule has 1 fully saturated rings. The number of hydrogen-bond donors (Lipinski definition) is 0. The van der Waals surface area contributed by atoms with Crippen molar-refractivity contribution in [1.82, 2.24) is 0 Å². The first-order valence-corrected chi connectivity index (χ1v) is 16.9. The number of carbonyl (C=O) groups is 1. The maximum absolute atomic E-state index is 12.1. The van der Waals surface area contributed by atoms with Crippen LogP contribution in [0.5, 0.6) is 5.75 Å². The molecule has 38 heavy (non-hydrogen) atoms. The van der Waals surface area contributed by atoms with E-state index in [1.54, 1.807) is 7.11 Å². The molecule has 1 aliphatic heterocycles. The zero-order chi connectivity index (χ0) is 28.6. The number of methoxy groups -OCH3 is 1. The zero-order valence-corrected chi connectivity index (χ0v) is 26.5. The zero-order valence-electron chi connectivity index (χ0n) is 25.5. The van der Waals surface area contributed by atoms with Crippen molar-refractivity contribution >= 4 is 14.3 Å². The number of rotatable bonds is 12. The molecule has 7 heteroatoms. The van der Waals surface area contributed by atoms with Crippen LogP contribution in [0.2, 0.25) is 18.1 Å². The monoisotopic (exact) mass is 548 g/mol. The Morgan fingerprint density at radius 1 is 1.08 bits per heavy atom. The highest BCUT2D eigenvalue weighted by molar-refractivity contribution is 6.74. The second-order valence-electron chi connectivity index (χ2n) is 13.2. The summed E-state index contributed by atoms with van der Waals surface area (Å²) < 4.78 is 30.0. The van der Waals surface area contributed by atoms with Crippen LogP contribution in [-0.2, 0) is 30.0 Å². The number of carbonyl (C=O) groups excluding carboxylic acids is 1. The summed E-state index contributed by atoms with van der Waals surface area (Å²) in [6.45, 7) is 20.5. The molecule has 4 atom stereocenters. The van der Waals surface area contributed by atoms with E-state index in [1.807, 2.05) is 51.1 Å². The van der Waals surface area contributed by atoms with Crippen molar-refractivity contribution < 1.29 is 28.2 Å². The van der Waals surface area contributed by atoms with E-state index in [9.17, 15) is 4.79 Å². The number of hydrogen-bond acceptors (Lipinski definition) is 6. The number of esters is 1. The van der Waals surface area contributed by atoms with Crippen molar-refractivity contribution in [2.45, 2.75) is 123 Å². The van der Waals surface area contributed by atoms with Crippen LogP contribution in [0.15, 0.2) is 36.4 Å². The first-order chi connectivity index (χ1) is 17.6. The van der Waals surface area contributed by atoms with Crippen molar-refractivity contribution in [2.24, 2.45) is 5.92 Å². The predicted molar refractivity (Wildman–Crippen MR) is 156 cm³/mol. The van der Waals surface area contributed by atoms with E-state index in [0.29, 0.717) is 25.6 Å². The highest BCUT2D eigenvalue weighted by atomic mass is 28.4. The molecule has 1 aromatic rings. The third kappa shape index (κ3) is 11.6. The molecule has 1 saturated heterocycles. The molecule has 0 aromatic heterocycles. The minimum Gasteiger partial charge on any atom is -0.497 e. The fourth-order valence-electron chi connectivity index (χ4n) is 4.33. The maximum Gasteiger partial charge on any atom is 0.330 e. The molecule has 0 unspecified atom stereocenters. The second-order valence-corrected chi connectivity index (χ2v) is 18.0. The smallest absolute Gasteiger partial charge is 0.330 e. The molecular weight excluding hydrogens is 496 g/mol. The first-order valence-electron chi connectivity index (χ1n) is 14.0. The summed E-state index contributed by atoms with van der Waals surface area (Å²) in [4.78, 5) is 12.1. The summed E-state index contributed by atoms with van der Waals surface area (Å²) in [5.41, 5.74) is 0.633. The highest BCUT2D eigenvalue weighted by Gasteiger charge is 2.41. The Labute approximate surface area is 232 Å². The molecule has 0 amide bonds. The van der Waals surface area contributed by atoms with Gasteiger partial charge in [-0.05, 0) is 88.2 Å². The summed E-state index contributed by atoms with van der Waals surface area (Å²) in [5, 5.41) is 0.148. The van der Waals surface area contributed by atoms with Crippen LogP contribution >= 0.6 is 0 Å². The molecule has 0 aliphatic carbocycles. The molecule has 2 rings (SSSR count). The molecule has 1 aromatic carbocycles. The summed E-state index contributed by atoms with van der Waals surface area (Å²) in [7, 11) is -0.243. The van der Waals surface area contributed by atoms with E-state index in [0.717, 1.165) is 30.6 Å². The molecule has 0 saturated carbocycles. The van der Waals surface area contributed by atoms with Crippen LogP contribution in [0, 0.1) is 5.92 Å². The lowest BCUT2D eigenvalue weighted by molar-refractivity contribution is -0.148. The number of benzene rings is 1. The van der Waals surface area contributed by atoms with Crippen molar-refractivity contribution in [3.63, 3.8) is 0 Å². The van der Waals surface area contributed by atoms with E-state index >= 15 is 0 Å². The molecule has 0 radical (unpaired) electrons.